The van der Waals surface area contributed by atoms with Gasteiger partial charge in [0, 0.05) is 11.9 Å². The summed E-state index contributed by atoms with van der Waals surface area (Å²) in [6.07, 6.45) is 3.71. The fraction of sp³-hybridized carbons (Fsp3) is 0.417. The molecule has 2 heteroatoms. The van der Waals surface area contributed by atoms with Crippen LogP contribution >= 0.6 is 0 Å². The number of nitrogens with two attached hydrogens (primary N) is 1. The fourth-order valence-electron chi connectivity index (χ4n) is 1.23. The van der Waals surface area contributed by atoms with Gasteiger partial charge in [-0.25, -0.2) is 0 Å². The molecule has 0 aromatic carbocycles. The first-order valence-corrected chi connectivity index (χ1v) is 4.80. The van der Waals surface area contributed by atoms with Gasteiger partial charge < -0.3 is 5.73 Å². The van der Waals surface area contributed by atoms with Crippen molar-refractivity contribution in [3.05, 3.63) is 35.3 Å². The summed E-state index contributed by atoms with van der Waals surface area (Å²) in [7, 11) is 0. The van der Waals surface area contributed by atoms with E-state index in [-0.39, 0.29) is 5.41 Å². The molecule has 14 heavy (non-hydrogen) atoms. The van der Waals surface area contributed by atoms with Crippen LogP contribution in [0.5, 0.6) is 0 Å². The van der Waals surface area contributed by atoms with Gasteiger partial charge in [0.15, 0.2) is 0 Å². The van der Waals surface area contributed by atoms with Gasteiger partial charge in [0.25, 0.3) is 0 Å². The Morgan fingerprint density at radius 3 is 2.57 bits per heavy atom. The molecular weight excluding hydrogens is 172 g/mol. The topological polar surface area (TPSA) is 38.9 Å². The van der Waals surface area contributed by atoms with E-state index in [2.05, 4.69) is 31.8 Å². The molecule has 0 amide bonds. The molecule has 1 aromatic rings. The second kappa shape index (κ2) is 3.82. The summed E-state index contributed by atoms with van der Waals surface area (Å²) in [5.41, 5.74) is 8.75. The Balaban J connectivity index is 3.08. The van der Waals surface area contributed by atoms with Crippen LogP contribution in [0.25, 0.3) is 6.08 Å². The van der Waals surface area contributed by atoms with Gasteiger partial charge in [-0.1, -0.05) is 20.8 Å². The summed E-state index contributed by atoms with van der Waals surface area (Å²) in [6, 6.07) is 4.12. The number of aromatic nitrogens is 1. The Morgan fingerprint density at radius 1 is 1.43 bits per heavy atom. The van der Waals surface area contributed by atoms with Gasteiger partial charge in [-0.15, -0.1) is 0 Å². The predicted octanol–water partition coefficient (Wildman–Crippen LogP) is 2.70. The third-order valence-corrected chi connectivity index (χ3v) is 2.02. The van der Waals surface area contributed by atoms with Gasteiger partial charge in [0.05, 0.1) is 5.69 Å². The Kier molecular flexibility index (Phi) is 2.94. The van der Waals surface area contributed by atoms with Crippen LogP contribution < -0.4 is 5.73 Å². The maximum absolute atomic E-state index is 5.60. The third-order valence-electron chi connectivity index (χ3n) is 2.02. The summed E-state index contributed by atoms with van der Waals surface area (Å²) in [5, 5.41) is 0. The van der Waals surface area contributed by atoms with Crippen LogP contribution in [0, 0.1) is 0 Å². The standard InChI is InChI=1S/C12H18N2/c1-9(13)7-11-8-10(5-6-14-11)12(2,3)4/h5-8H,13H2,1-4H3/b9-7-. The molecule has 76 valence electrons. The quantitative estimate of drug-likeness (QED) is 0.739. The van der Waals surface area contributed by atoms with E-state index in [1.54, 1.807) is 0 Å². The van der Waals surface area contributed by atoms with Crippen molar-refractivity contribution in [2.45, 2.75) is 33.1 Å². The van der Waals surface area contributed by atoms with Gasteiger partial charge in [0.2, 0.25) is 0 Å². The van der Waals surface area contributed by atoms with E-state index in [1.807, 2.05) is 25.3 Å². The molecule has 0 spiro atoms. The Morgan fingerprint density at radius 2 is 2.07 bits per heavy atom. The number of allylic oxidation sites excluding steroid dienone is 1. The third kappa shape index (κ3) is 2.87. The lowest BCUT2D eigenvalue weighted by molar-refractivity contribution is 0.589. The summed E-state index contributed by atoms with van der Waals surface area (Å²) < 4.78 is 0. The molecule has 0 aliphatic heterocycles. The minimum absolute atomic E-state index is 0.161. The van der Waals surface area contributed by atoms with E-state index in [9.17, 15) is 0 Å². The van der Waals surface area contributed by atoms with E-state index in [0.717, 1.165) is 11.4 Å². The molecule has 2 nitrogen and oxygen atoms in total. The average Bonchev–Trinajstić information content (AvgIpc) is 2.01. The van der Waals surface area contributed by atoms with Crippen molar-refractivity contribution in [2.24, 2.45) is 5.73 Å². The van der Waals surface area contributed by atoms with Crippen LogP contribution in [0.1, 0.15) is 39.0 Å². The van der Waals surface area contributed by atoms with Crippen molar-refractivity contribution in [3.8, 4) is 0 Å². The molecule has 0 aliphatic carbocycles. The fourth-order valence-corrected chi connectivity index (χ4v) is 1.23. The zero-order chi connectivity index (χ0) is 10.8. The summed E-state index contributed by atoms with van der Waals surface area (Å²) in [4.78, 5) is 4.24. The molecule has 1 heterocycles. The molecule has 1 aromatic heterocycles. The highest BCUT2D eigenvalue weighted by atomic mass is 14.7. The van der Waals surface area contributed by atoms with Crippen molar-refractivity contribution in [1.29, 1.82) is 0 Å². The van der Waals surface area contributed by atoms with Crippen LogP contribution in [0.3, 0.4) is 0 Å². The van der Waals surface area contributed by atoms with Crippen LogP contribution in [-0.2, 0) is 5.41 Å². The first-order chi connectivity index (χ1) is 6.39. The van der Waals surface area contributed by atoms with Crippen LogP contribution in [-0.4, -0.2) is 4.98 Å². The summed E-state index contributed by atoms with van der Waals surface area (Å²) >= 11 is 0. The van der Waals surface area contributed by atoms with Crippen molar-refractivity contribution in [2.75, 3.05) is 0 Å². The van der Waals surface area contributed by atoms with Crippen molar-refractivity contribution in [1.82, 2.24) is 4.98 Å². The van der Waals surface area contributed by atoms with Crippen molar-refractivity contribution >= 4 is 6.08 Å². The molecule has 0 atom stereocenters. The smallest absolute Gasteiger partial charge is 0.0649 e. The highest BCUT2D eigenvalue weighted by Gasteiger charge is 2.13. The first-order valence-electron chi connectivity index (χ1n) is 4.80. The van der Waals surface area contributed by atoms with E-state index < -0.39 is 0 Å². The molecule has 0 aliphatic rings. The first kappa shape index (κ1) is 10.8. The number of hydrogen-bond acceptors (Lipinski definition) is 2. The molecule has 0 fully saturated rings. The molecule has 0 radical (unpaired) electrons. The molecule has 1 rings (SSSR count). The van der Waals surface area contributed by atoms with Gasteiger partial charge in [-0.2, -0.15) is 0 Å². The van der Waals surface area contributed by atoms with E-state index >= 15 is 0 Å². The Bertz CT molecular complexity index is 342. The number of hydrogen-bond donors (Lipinski definition) is 1. The van der Waals surface area contributed by atoms with Crippen molar-refractivity contribution < 1.29 is 0 Å². The van der Waals surface area contributed by atoms with E-state index in [4.69, 9.17) is 5.73 Å². The summed E-state index contributed by atoms with van der Waals surface area (Å²) in [6.45, 7) is 8.42. The lowest BCUT2D eigenvalue weighted by atomic mass is 9.87. The average molecular weight is 190 g/mol. The molecule has 0 saturated carbocycles. The second-order valence-electron chi connectivity index (χ2n) is 4.61. The predicted molar refractivity (Wildman–Crippen MR) is 60.8 cm³/mol. The minimum atomic E-state index is 0.161. The SMILES string of the molecule is C/C(N)=C/c1cc(C(C)(C)C)ccn1. The number of nitrogens with zero attached hydrogens (tertiary/aromatic N) is 1. The van der Waals surface area contributed by atoms with Gasteiger partial charge in [-0.05, 0) is 36.1 Å². The van der Waals surface area contributed by atoms with E-state index in [0.29, 0.717) is 0 Å². The largest absolute Gasteiger partial charge is 0.402 e. The second-order valence-corrected chi connectivity index (χ2v) is 4.61. The monoisotopic (exact) mass is 190 g/mol. The Labute approximate surface area is 85.9 Å². The normalized spacial score (nSPS) is 13.0. The number of rotatable bonds is 1. The molecule has 0 bridgehead atoms. The van der Waals surface area contributed by atoms with Crippen LogP contribution in [0.2, 0.25) is 0 Å². The maximum Gasteiger partial charge on any atom is 0.0649 e. The molecule has 2 N–H and O–H groups in total. The maximum atomic E-state index is 5.60. The zero-order valence-electron chi connectivity index (χ0n) is 9.33. The number of pyridine rings is 1. The van der Waals surface area contributed by atoms with E-state index in [1.165, 1.54) is 5.56 Å². The lowest BCUT2D eigenvalue weighted by Crippen LogP contribution is -2.11. The van der Waals surface area contributed by atoms with Gasteiger partial charge in [-0.3, -0.25) is 4.98 Å². The highest BCUT2D eigenvalue weighted by molar-refractivity contribution is 5.48. The van der Waals surface area contributed by atoms with Gasteiger partial charge >= 0.3 is 0 Å². The van der Waals surface area contributed by atoms with Crippen LogP contribution in [0.15, 0.2) is 24.0 Å². The minimum Gasteiger partial charge on any atom is -0.402 e. The van der Waals surface area contributed by atoms with Crippen molar-refractivity contribution in [3.63, 3.8) is 0 Å². The summed E-state index contributed by atoms with van der Waals surface area (Å²) in [5.74, 6) is 0. The van der Waals surface area contributed by atoms with Crippen LogP contribution in [0.4, 0.5) is 0 Å². The lowest BCUT2D eigenvalue weighted by Gasteiger charge is -2.18. The Hall–Kier alpha value is -1.31. The highest BCUT2D eigenvalue weighted by Crippen LogP contribution is 2.22. The molecule has 0 unspecified atom stereocenters. The zero-order valence-corrected chi connectivity index (χ0v) is 9.33. The molecular formula is C12H18N2. The molecule has 0 saturated heterocycles. The van der Waals surface area contributed by atoms with Gasteiger partial charge in [0.1, 0.15) is 0 Å².